The predicted molar refractivity (Wildman–Crippen MR) is 103 cm³/mol. The Balaban J connectivity index is 1.33. The number of carbonyl (C=O) groups is 2. The number of hydrogen-bond donors (Lipinski definition) is 2. The van der Waals surface area contributed by atoms with E-state index < -0.39 is 0 Å². The van der Waals surface area contributed by atoms with Crippen LogP contribution in [0.3, 0.4) is 0 Å². The Bertz CT molecular complexity index is 966. The first kappa shape index (κ1) is 17.0. The molecule has 0 saturated heterocycles. The summed E-state index contributed by atoms with van der Waals surface area (Å²) in [6.07, 6.45) is 4.71. The van der Waals surface area contributed by atoms with E-state index in [1.54, 1.807) is 6.07 Å². The normalized spacial score (nSPS) is 28.4. The minimum absolute atomic E-state index is 0.0270. The van der Waals surface area contributed by atoms with Crippen LogP contribution in [-0.2, 0) is 24.1 Å². The van der Waals surface area contributed by atoms with Gasteiger partial charge in [-0.1, -0.05) is 18.5 Å². The molecule has 1 aliphatic heterocycles. The standard InChI is InChI=1S/C21H22ClN3O2/c1-21-9-13(21)8-15-17(10-21)24-25-19(15)18(26)7-12-3-2-11-6-14(22)4-5-16(11)23-20(12)27/h4-6,12-13H,2-3,7-10H2,1H3,(H,23,27)(H,24,25)/t12-,13?,21?/m1/s1. The van der Waals surface area contributed by atoms with Gasteiger partial charge in [0.05, 0.1) is 0 Å². The van der Waals surface area contributed by atoms with Crippen LogP contribution in [0.15, 0.2) is 18.2 Å². The highest BCUT2D eigenvalue weighted by Gasteiger charge is 2.53. The molecule has 2 aliphatic carbocycles. The number of fused-ring (bicyclic) bond motifs is 3. The summed E-state index contributed by atoms with van der Waals surface area (Å²) in [5.74, 6) is 0.213. The number of nitrogens with zero attached hydrogens (tertiary/aromatic N) is 1. The summed E-state index contributed by atoms with van der Waals surface area (Å²) in [5.41, 5.74) is 4.97. The van der Waals surface area contributed by atoms with Crippen molar-refractivity contribution in [2.45, 2.75) is 45.4 Å². The molecule has 1 fully saturated rings. The van der Waals surface area contributed by atoms with Crippen molar-refractivity contribution in [2.24, 2.45) is 17.3 Å². The second kappa shape index (κ2) is 5.93. The van der Waals surface area contributed by atoms with Gasteiger partial charge in [-0.25, -0.2) is 0 Å². The largest absolute Gasteiger partial charge is 0.326 e. The number of carbonyl (C=O) groups excluding carboxylic acids is 2. The molecule has 2 unspecified atom stereocenters. The molecule has 5 rings (SSSR count). The minimum atomic E-state index is -0.342. The molecule has 0 spiro atoms. The number of anilines is 1. The van der Waals surface area contributed by atoms with Crippen LogP contribution in [0.5, 0.6) is 0 Å². The minimum Gasteiger partial charge on any atom is -0.326 e. The van der Waals surface area contributed by atoms with Crippen molar-refractivity contribution in [2.75, 3.05) is 5.32 Å². The predicted octanol–water partition coefficient (Wildman–Crippen LogP) is 3.96. The first-order chi connectivity index (χ1) is 12.9. The van der Waals surface area contributed by atoms with Crippen molar-refractivity contribution in [1.29, 1.82) is 0 Å². The fourth-order valence-electron chi connectivity index (χ4n) is 4.79. The Morgan fingerprint density at radius 2 is 2.26 bits per heavy atom. The summed E-state index contributed by atoms with van der Waals surface area (Å²) < 4.78 is 0. The number of aromatic amines is 1. The molecule has 1 saturated carbocycles. The molecule has 1 aromatic heterocycles. The fourth-order valence-corrected chi connectivity index (χ4v) is 4.98. The number of nitrogens with one attached hydrogen (secondary N) is 2. The van der Waals surface area contributed by atoms with Gasteiger partial charge in [-0.15, -0.1) is 0 Å². The van der Waals surface area contributed by atoms with Crippen molar-refractivity contribution in [3.63, 3.8) is 0 Å². The molecule has 1 amide bonds. The third-order valence-corrected chi connectivity index (χ3v) is 6.91. The molecule has 2 aromatic rings. The van der Waals surface area contributed by atoms with E-state index in [9.17, 15) is 9.59 Å². The first-order valence-electron chi connectivity index (χ1n) is 9.61. The number of aromatic nitrogens is 2. The average molecular weight is 384 g/mol. The fraction of sp³-hybridized carbons (Fsp3) is 0.476. The lowest BCUT2D eigenvalue weighted by atomic mass is 9.86. The van der Waals surface area contributed by atoms with Crippen molar-refractivity contribution in [3.8, 4) is 0 Å². The van der Waals surface area contributed by atoms with Crippen molar-refractivity contribution < 1.29 is 9.59 Å². The number of rotatable bonds is 3. The quantitative estimate of drug-likeness (QED) is 0.787. The summed E-state index contributed by atoms with van der Waals surface area (Å²) in [6, 6.07) is 5.49. The van der Waals surface area contributed by atoms with Crippen LogP contribution in [0.1, 0.15) is 53.5 Å². The van der Waals surface area contributed by atoms with Crippen LogP contribution in [0.4, 0.5) is 5.69 Å². The molecule has 0 bridgehead atoms. The van der Waals surface area contributed by atoms with E-state index in [4.69, 9.17) is 11.6 Å². The monoisotopic (exact) mass is 383 g/mol. The van der Waals surface area contributed by atoms with E-state index in [0.29, 0.717) is 28.5 Å². The van der Waals surface area contributed by atoms with E-state index in [0.717, 1.165) is 41.8 Å². The molecule has 140 valence electrons. The van der Waals surface area contributed by atoms with Crippen LogP contribution in [0, 0.1) is 17.3 Å². The molecule has 6 heteroatoms. The lowest BCUT2D eigenvalue weighted by Crippen LogP contribution is -2.24. The Morgan fingerprint density at radius 1 is 1.41 bits per heavy atom. The van der Waals surface area contributed by atoms with Gasteiger partial charge in [0.1, 0.15) is 5.69 Å². The highest BCUT2D eigenvalue weighted by atomic mass is 35.5. The summed E-state index contributed by atoms with van der Waals surface area (Å²) in [5, 5.41) is 11.0. The van der Waals surface area contributed by atoms with Gasteiger partial charge in [0.25, 0.3) is 0 Å². The van der Waals surface area contributed by atoms with Crippen LogP contribution in [0.25, 0.3) is 0 Å². The number of halogens is 1. The second-order valence-electron chi connectivity index (χ2n) is 8.62. The molecule has 2 N–H and O–H groups in total. The van der Waals surface area contributed by atoms with Gasteiger partial charge in [-0.3, -0.25) is 14.7 Å². The highest BCUT2D eigenvalue weighted by Crippen LogP contribution is 2.59. The number of aryl methyl sites for hydroxylation is 1. The summed E-state index contributed by atoms with van der Waals surface area (Å²) in [7, 11) is 0. The Labute approximate surface area is 162 Å². The maximum absolute atomic E-state index is 12.9. The third kappa shape index (κ3) is 2.89. The van der Waals surface area contributed by atoms with Gasteiger partial charge in [0, 0.05) is 34.3 Å². The van der Waals surface area contributed by atoms with Gasteiger partial charge < -0.3 is 5.32 Å². The zero-order valence-corrected chi connectivity index (χ0v) is 16.0. The molecule has 27 heavy (non-hydrogen) atoms. The molecule has 0 radical (unpaired) electrons. The number of amides is 1. The molecular weight excluding hydrogens is 362 g/mol. The zero-order chi connectivity index (χ0) is 18.8. The number of ketones is 1. The maximum atomic E-state index is 12.9. The molecular formula is C21H22ClN3O2. The molecule has 1 aromatic carbocycles. The zero-order valence-electron chi connectivity index (χ0n) is 15.3. The van der Waals surface area contributed by atoms with E-state index in [-0.39, 0.29) is 24.0 Å². The SMILES string of the molecule is CC12Cc3[nH]nc(C(=O)C[C@H]4CCc5cc(Cl)ccc5NC4=O)c3CC1C2. The van der Waals surface area contributed by atoms with Gasteiger partial charge in [-0.2, -0.15) is 5.10 Å². The lowest BCUT2D eigenvalue weighted by molar-refractivity contribution is -0.119. The van der Waals surface area contributed by atoms with Crippen molar-refractivity contribution in [3.05, 3.63) is 45.7 Å². The van der Waals surface area contributed by atoms with E-state index in [2.05, 4.69) is 22.4 Å². The van der Waals surface area contributed by atoms with Gasteiger partial charge in [0.2, 0.25) is 5.91 Å². The van der Waals surface area contributed by atoms with Crippen LogP contribution >= 0.6 is 11.6 Å². The van der Waals surface area contributed by atoms with Crippen LogP contribution in [0.2, 0.25) is 5.02 Å². The highest BCUT2D eigenvalue weighted by molar-refractivity contribution is 6.30. The number of hydrogen-bond acceptors (Lipinski definition) is 3. The van der Waals surface area contributed by atoms with E-state index >= 15 is 0 Å². The van der Waals surface area contributed by atoms with E-state index in [1.807, 2.05) is 12.1 Å². The average Bonchev–Trinajstić information content (AvgIpc) is 3.17. The molecule has 2 heterocycles. The summed E-state index contributed by atoms with van der Waals surface area (Å²) >= 11 is 6.07. The molecule has 3 aliphatic rings. The smallest absolute Gasteiger partial charge is 0.227 e. The van der Waals surface area contributed by atoms with Crippen LogP contribution < -0.4 is 5.32 Å². The number of Topliss-reactive ketones (excluding diaryl/α,β-unsaturated/α-hetero) is 1. The first-order valence-corrected chi connectivity index (χ1v) is 9.99. The summed E-state index contributed by atoms with van der Waals surface area (Å²) in [6.45, 7) is 2.31. The third-order valence-electron chi connectivity index (χ3n) is 6.68. The molecule has 3 atom stereocenters. The van der Waals surface area contributed by atoms with Crippen molar-refractivity contribution in [1.82, 2.24) is 10.2 Å². The van der Waals surface area contributed by atoms with Crippen LogP contribution in [-0.4, -0.2) is 21.9 Å². The maximum Gasteiger partial charge on any atom is 0.227 e. The lowest BCUT2D eigenvalue weighted by Gasteiger charge is -2.18. The Hall–Kier alpha value is -2.14. The topological polar surface area (TPSA) is 74.8 Å². The number of H-pyrrole nitrogens is 1. The van der Waals surface area contributed by atoms with Gasteiger partial charge in [-0.05, 0) is 67.2 Å². The van der Waals surface area contributed by atoms with Crippen molar-refractivity contribution >= 4 is 29.0 Å². The second-order valence-corrected chi connectivity index (χ2v) is 9.06. The van der Waals surface area contributed by atoms with Gasteiger partial charge >= 0.3 is 0 Å². The molecule has 5 nitrogen and oxygen atoms in total. The summed E-state index contributed by atoms with van der Waals surface area (Å²) in [4.78, 5) is 25.6. The van der Waals surface area contributed by atoms with E-state index in [1.165, 1.54) is 6.42 Å². The number of benzene rings is 1. The Morgan fingerprint density at radius 3 is 3.11 bits per heavy atom. The van der Waals surface area contributed by atoms with Gasteiger partial charge in [0.15, 0.2) is 5.78 Å². The Kier molecular flexibility index (Phi) is 3.73.